The Morgan fingerprint density at radius 3 is 2.40 bits per heavy atom. The monoisotopic (exact) mass is 272 g/mol. The zero-order chi connectivity index (χ0) is 14.4. The molecule has 2 rings (SSSR count). The van der Waals surface area contributed by atoms with Crippen LogP contribution in [0.3, 0.4) is 0 Å². The molecule has 0 aliphatic carbocycles. The lowest BCUT2D eigenvalue weighted by atomic mass is 9.99. The van der Waals surface area contributed by atoms with Crippen molar-refractivity contribution in [2.75, 3.05) is 20.8 Å². The summed E-state index contributed by atoms with van der Waals surface area (Å²) in [5, 5.41) is 10.4. The molecule has 0 aromatic heterocycles. The average molecular weight is 272 g/mol. The lowest BCUT2D eigenvalue weighted by Crippen LogP contribution is -2.01. The van der Waals surface area contributed by atoms with Gasteiger partial charge in [0.1, 0.15) is 11.9 Å². The molecule has 1 unspecified atom stereocenters. The first kappa shape index (κ1) is 14.6. The molecule has 0 aliphatic rings. The van der Waals surface area contributed by atoms with Crippen LogP contribution in [0.1, 0.15) is 22.8 Å². The Bertz CT molecular complexity index is 534. The highest BCUT2D eigenvalue weighted by atomic mass is 16.5. The summed E-state index contributed by atoms with van der Waals surface area (Å²) in [5.74, 6) is 0.748. The third-order valence-corrected chi connectivity index (χ3v) is 3.30. The maximum absolute atomic E-state index is 10.4. The summed E-state index contributed by atoms with van der Waals surface area (Å²) in [5.41, 5.74) is 2.90. The van der Waals surface area contributed by atoms with Gasteiger partial charge in [0.2, 0.25) is 0 Å². The van der Waals surface area contributed by atoms with E-state index in [1.165, 1.54) is 5.56 Å². The zero-order valence-corrected chi connectivity index (χ0v) is 11.9. The standard InChI is InChI=1S/C17H20O3/c1-19-11-10-13-6-8-14(9-7-13)17(18)15-4-3-5-16(12-15)20-2/h3-9,12,17-18H,10-11H2,1-2H3. The third kappa shape index (κ3) is 3.59. The van der Waals surface area contributed by atoms with Crippen molar-refractivity contribution in [3.8, 4) is 5.75 Å². The van der Waals surface area contributed by atoms with E-state index in [0.717, 1.165) is 23.3 Å². The van der Waals surface area contributed by atoms with Gasteiger partial charge in [-0.3, -0.25) is 0 Å². The van der Waals surface area contributed by atoms with Crippen LogP contribution in [-0.4, -0.2) is 25.9 Å². The largest absolute Gasteiger partial charge is 0.497 e. The molecule has 2 aromatic carbocycles. The first-order chi connectivity index (χ1) is 9.74. The maximum Gasteiger partial charge on any atom is 0.119 e. The summed E-state index contributed by atoms with van der Waals surface area (Å²) in [4.78, 5) is 0. The fraction of sp³-hybridized carbons (Fsp3) is 0.294. The van der Waals surface area contributed by atoms with Crippen LogP contribution >= 0.6 is 0 Å². The highest BCUT2D eigenvalue weighted by molar-refractivity contribution is 5.36. The van der Waals surface area contributed by atoms with E-state index < -0.39 is 6.10 Å². The SMILES string of the molecule is COCCc1ccc(C(O)c2cccc(OC)c2)cc1. The summed E-state index contributed by atoms with van der Waals surface area (Å²) < 4.78 is 10.2. The molecule has 3 nitrogen and oxygen atoms in total. The van der Waals surface area contributed by atoms with Gasteiger partial charge in [-0.2, -0.15) is 0 Å². The minimum absolute atomic E-state index is 0.637. The van der Waals surface area contributed by atoms with E-state index >= 15 is 0 Å². The Balaban J connectivity index is 2.13. The van der Waals surface area contributed by atoms with Crippen molar-refractivity contribution >= 4 is 0 Å². The van der Waals surface area contributed by atoms with Crippen LogP contribution < -0.4 is 4.74 Å². The van der Waals surface area contributed by atoms with E-state index in [2.05, 4.69) is 0 Å². The average Bonchev–Trinajstić information content (AvgIpc) is 2.52. The van der Waals surface area contributed by atoms with E-state index in [4.69, 9.17) is 9.47 Å². The van der Waals surface area contributed by atoms with E-state index in [-0.39, 0.29) is 0 Å². The molecule has 0 radical (unpaired) electrons. The number of aliphatic hydroxyl groups is 1. The van der Waals surface area contributed by atoms with Crippen molar-refractivity contribution in [3.63, 3.8) is 0 Å². The topological polar surface area (TPSA) is 38.7 Å². The highest BCUT2D eigenvalue weighted by Gasteiger charge is 2.11. The van der Waals surface area contributed by atoms with Crippen molar-refractivity contribution in [3.05, 3.63) is 65.2 Å². The number of aliphatic hydroxyl groups excluding tert-OH is 1. The van der Waals surface area contributed by atoms with Gasteiger partial charge in [-0.25, -0.2) is 0 Å². The number of ether oxygens (including phenoxy) is 2. The van der Waals surface area contributed by atoms with Crippen molar-refractivity contribution in [1.82, 2.24) is 0 Å². The number of rotatable bonds is 6. The van der Waals surface area contributed by atoms with Crippen LogP contribution in [0, 0.1) is 0 Å². The van der Waals surface area contributed by atoms with Gasteiger partial charge in [0.15, 0.2) is 0 Å². The van der Waals surface area contributed by atoms with Crippen LogP contribution in [0.5, 0.6) is 5.75 Å². The molecular formula is C17H20O3. The lowest BCUT2D eigenvalue weighted by molar-refractivity contribution is 0.202. The molecule has 0 fully saturated rings. The molecule has 2 aromatic rings. The predicted octanol–water partition coefficient (Wildman–Crippen LogP) is 2.97. The van der Waals surface area contributed by atoms with Crippen molar-refractivity contribution in [2.24, 2.45) is 0 Å². The first-order valence-electron chi connectivity index (χ1n) is 6.64. The molecule has 0 amide bonds. The van der Waals surface area contributed by atoms with E-state index in [1.807, 2.05) is 48.5 Å². The van der Waals surface area contributed by atoms with Crippen molar-refractivity contribution in [2.45, 2.75) is 12.5 Å². The van der Waals surface area contributed by atoms with Crippen LogP contribution in [0.4, 0.5) is 0 Å². The molecular weight excluding hydrogens is 252 g/mol. The molecule has 1 N–H and O–H groups in total. The minimum atomic E-state index is -0.637. The molecule has 1 atom stereocenters. The van der Waals surface area contributed by atoms with Gasteiger partial charge < -0.3 is 14.6 Å². The summed E-state index contributed by atoms with van der Waals surface area (Å²) in [6, 6.07) is 15.4. The number of hydrogen-bond donors (Lipinski definition) is 1. The Hall–Kier alpha value is -1.84. The van der Waals surface area contributed by atoms with Crippen LogP contribution in [0.15, 0.2) is 48.5 Å². The van der Waals surface area contributed by atoms with Gasteiger partial charge in [-0.1, -0.05) is 36.4 Å². The predicted molar refractivity (Wildman–Crippen MR) is 79.1 cm³/mol. The summed E-state index contributed by atoms with van der Waals surface area (Å²) >= 11 is 0. The lowest BCUT2D eigenvalue weighted by Gasteiger charge is -2.13. The fourth-order valence-corrected chi connectivity index (χ4v) is 2.09. The molecule has 20 heavy (non-hydrogen) atoms. The Morgan fingerprint density at radius 1 is 1.00 bits per heavy atom. The number of benzene rings is 2. The summed E-state index contributed by atoms with van der Waals surface area (Å²) in [6.45, 7) is 0.706. The fourth-order valence-electron chi connectivity index (χ4n) is 2.09. The van der Waals surface area contributed by atoms with Gasteiger partial charge in [-0.05, 0) is 35.2 Å². The normalized spacial score (nSPS) is 12.2. The van der Waals surface area contributed by atoms with Gasteiger partial charge in [0.25, 0.3) is 0 Å². The molecule has 3 heteroatoms. The Morgan fingerprint density at radius 2 is 1.75 bits per heavy atom. The van der Waals surface area contributed by atoms with Gasteiger partial charge in [-0.15, -0.1) is 0 Å². The second-order valence-electron chi connectivity index (χ2n) is 4.66. The van der Waals surface area contributed by atoms with Crippen LogP contribution in [0.2, 0.25) is 0 Å². The number of hydrogen-bond acceptors (Lipinski definition) is 3. The van der Waals surface area contributed by atoms with E-state index in [9.17, 15) is 5.11 Å². The second kappa shape index (κ2) is 7.08. The van der Waals surface area contributed by atoms with Gasteiger partial charge >= 0.3 is 0 Å². The molecule has 0 bridgehead atoms. The quantitative estimate of drug-likeness (QED) is 0.878. The molecule has 0 aliphatic heterocycles. The number of methoxy groups -OCH3 is 2. The van der Waals surface area contributed by atoms with Crippen molar-refractivity contribution in [1.29, 1.82) is 0 Å². The highest BCUT2D eigenvalue weighted by Crippen LogP contribution is 2.25. The van der Waals surface area contributed by atoms with E-state index in [1.54, 1.807) is 14.2 Å². The maximum atomic E-state index is 10.4. The molecule has 106 valence electrons. The van der Waals surface area contributed by atoms with Gasteiger partial charge in [0, 0.05) is 7.11 Å². The Kier molecular flexibility index (Phi) is 5.16. The zero-order valence-electron chi connectivity index (χ0n) is 11.9. The van der Waals surface area contributed by atoms with E-state index in [0.29, 0.717) is 6.61 Å². The smallest absolute Gasteiger partial charge is 0.119 e. The summed E-state index contributed by atoms with van der Waals surface area (Å²) in [6.07, 6.45) is 0.244. The first-order valence-corrected chi connectivity index (χ1v) is 6.64. The molecule has 0 saturated heterocycles. The minimum Gasteiger partial charge on any atom is -0.497 e. The summed E-state index contributed by atoms with van der Waals surface area (Å²) in [7, 11) is 3.32. The second-order valence-corrected chi connectivity index (χ2v) is 4.66. The molecule has 0 saturated carbocycles. The Labute approximate surface area is 119 Å². The van der Waals surface area contributed by atoms with Crippen LogP contribution in [0.25, 0.3) is 0 Å². The third-order valence-electron chi connectivity index (χ3n) is 3.30. The molecule has 0 spiro atoms. The van der Waals surface area contributed by atoms with Crippen molar-refractivity contribution < 1.29 is 14.6 Å². The van der Waals surface area contributed by atoms with Gasteiger partial charge in [0.05, 0.1) is 13.7 Å². The van der Waals surface area contributed by atoms with Crippen LogP contribution in [-0.2, 0) is 11.2 Å². The molecule has 0 heterocycles.